The van der Waals surface area contributed by atoms with Gasteiger partial charge in [-0.3, -0.25) is 9.59 Å². The molecule has 0 spiro atoms. The van der Waals surface area contributed by atoms with E-state index in [1.807, 2.05) is 44.2 Å². The number of pyridine rings is 1. The number of nitrogens with one attached hydrogen (secondary N) is 1. The number of carbonyl (C=O) groups is 2. The Hall–Kier alpha value is -3.16. The highest BCUT2D eigenvalue weighted by Crippen LogP contribution is 2.27. The fourth-order valence-corrected chi connectivity index (χ4v) is 3.82. The second-order valence-corrected chi connectivity index (χ2v) is 8.11. The number of aryl methyl sites for hydroxylation is 1. The average Bonchev–Trinajstić information content (AvgIpc) is 3.06. The Morgan fingerprint density at radius 3 is 2.88 bits per heavy atom. The minimum Gasteiger partial charge on any atom is -0.459 e. The molecule has 1 aliphatic rings. The Morgan fingerprint density at radius 1 is 1.41 bits per heavy atom. The lowest BCUT2D eigenvalue weighted by atomic mass is 9.89. The summed E-state index contributed by atoms with van der Waals surface area (Å²) in [6.45, 7) is 4.21. The first-order valence-electron chi connectivity index (χ1n) is 10.3. The minimum atomic E-state index is -0.284. The van der Waals surface area contributed by atoms with Crippen LogP contribution in [0.5, 0.6) is 0 Å². The molecule has 2 unspecified atom stereocenters. The minimum absolute atomic E-state index is 0. The summed E-state index contributed by atoms with van der Waals surface area (Å²) in [4.78, 5) is 30.7. The van der Waals surface area contributed by atoms with Crippen molar-refractivity contribution in [1.29, 1.82) is 0 Å². The summed E-state index contributed by atoms with van der Waals surface area (Å²) in [5, 5.41) is 3.87. The highest BCUT2D eigenvalue weighted by atomic mass is 35.5. The average molecular weight is 455 g/mol. The van der Waals surface area contributed by atoms with Crippen molar-refractivity contribution in [3.8, 4) is 0 Å². The van der Waals surface area contributed by atoms with Crippen molar-refractivity contribution in [3.63, 3.8) is 0 Å². The molecule has 3 N–H and O–H groups in total. The summed E-state index contributed by atoms with van der Waals surface area (Å²) in [5.74, 6) is 0.810. The van der Waals surface area contributed by atoms with Crippen LogP contribution in [0, 0.1) is 12.8 Å². The van der Waals surface area contributed by atoms with Gasteiger partial charge in [0.1, 0.15) is 17.2 Å². The highest BCUT2D eigenvalue weighted by molar-refractivity contribution is 5.95. The van der Waals surface area contributed by atoms with Gasteiger partial charge in [-0.2, -0.15) is 0 Å². The summed E-state index contributed by atoms with van der Waals surface area (Å²) in [7, 11) is 1.74. The van der Waals surface area contributed by atoms with Crippen molar-refractivity contribution >= 4 is 47.1 Å². The SMILES string of the molecule is Cc1c(CN(C)C(=O)/C=C/c2cnc3c(c2)CC(C(C)N)C(=O)N3)oc2ccccc12.Cl. The third kappa shape index (κ3) is 4.69. The number of anilines is 1. The van der Waals surface area contributed by atoms with Crippen LogP contribution in [0.1, 0.15) is 29.4 Å². The van der Waals surface area contributed by atoms with E-state index in [9.17, 15) is 9.59 Å². The van der Waals surface area contributed by atoms with E-state index in [-0.39, 0.29) is 36.2 Å². The standard InChI is InChI=1S/C24H26N4O3.ClH/c1-14-18-6-4-5-7-20(18)31-21(14)13-28(3)22(29)9-8-16-10-17-11-19(15(2)25)24(30)27-23(17)26-12-16;/h4-10,12,15,19H,11,13,25H2,1-3H3,(H,26,27,30);1H/b9-8+;. The van der Waals surface area contributed by atoms with E-state index in [1.165, 1.54) is 6.08 Å². The first-order valence-corrected chi connectivity index (χ1v) is 10.3. The largest absolute Gasteiger partial charge is 0.459 e. The number of fused-ring (bicyclic) bond motifs is 2. The number of furan rings is 1. The van der Waals surface area contributed by atoms with E-state index >= 15 is 0 Å². The molecule has 3 aromatic rings. The third-order valence-corrected chi connectivity index (χ3v) is 5.76. The van der Waals surface area contributed by atoms with Gasteiger partial charge in [-0.15, -0.1) is 12.4 Å². The maximum atomic E-state index is 12.6. The molecule has 2 amide bonds. The Morgan fingerprint density at radius 2 is 2.16 bits per heavy atom. The molecule has 32 heavy (non-hydrogen) atoms. The van der Waals surface area contributed by atoms with Crippen LogP contribution in [-0.4, -0.2) is 34.8 Å². The predicted octanol–water partition coefficient (Wildman–Crippen LogP) is 3.69. The van der Waals surface area contributed by atoms with Crippen LogP contribution in [0.4, 0.5) is 5.82 Å². The quantitative estimate of drug-likeness (QED) is 0.572. The third-order valence-electron chi connectivity index (χ3n) is 5.76. The number of nitrogens with zero attached hydrogens (tertiary/aromatic N) is 2. The number of para-hydroxylation sites is 1. The van der Waals surface area contributed by atoms with Gasteiger partial charge in [-0.05, 0) is 49.6 Å². The van der Waals surface area contributed by atoms with Crippen LogP contribution in [-0.2, 0) is 22.6 Å². The van der Waals surface area contributed by atoms with E-state index in [0.29, 0.717) is 18.8 Å². The van der Waals surface area contributed by atoms with Gasteiger partial charge in [0.15, 0.2) is 0 Å². The first kappa shape index (κ1) is 23.5. The zero-order valence-electron chi connectivity index (χ0n) is 18.3. The Bertz CT molecular complexity index is 1190. The molecule has 0 bridgehead atoms. The molecule has 2 atom stereocenters. The predicted molar refractivity (Wildman–Crippen MR) is 127 cm³/mol. The van der Waals surface area contributed by atoms with Gasteiger partial charge in [-0.25, -0.2) is 4.98 Å². The fourth-order valence-electron chi connectivity index (χ4n) is 3.82. The lowest BCUT2D eigenvalue weighted by molar-refractivity contribution is -0.125. The number of hydrogen-bond donors (Lipinski definition) is 2. The number of hydrogen-bond acceptors (Lipinski definition) is 5. The lowest BCUT2D eigenvalue weighted by Gasteiger charge is -2.26. The van der Waals surface area contributed by atoms with Crippen LogP contribution in [0.15, 0.2) is 47.0 Å². The fraction of sp³-hybridized carbons (Fsp3) is 0.292. The number of amides is 2. The van der Waals surface area contributed by atoms with Gasteiger partial charge >= 0.3 is 0 Å². The van der Waals surface area contributed by atoms with Crippen molar-refractivity contribution in [3.05, 3.63) is 65.1 Å². The molecule has 2 aromatic heterocycles. The number of carbonyl (C=O) groups excluding carboxylic acids is 2. The van der Waals surface area contributed by atoms with E-state index in [2.05, 4.69) is 10.3 Å². The molecule has 3 heterocycles. The van der Waals surface area contributed by atoms with Crippen LogP contribution < -0.4 is 11.1 Å². The summed E-state index contributed by atoms with van der Waals surface area (Å²) < 4.78 is 5.91. The normalized spacial score (nSPS) is 16.4. The van der Waals surface area contributed by atoms with Crippen molar-refractivity contribution in [2.75, 3.05) is 12.4 Å². The molecular formula is C24H27ClN4O3. The van der Waals surface area contributed by atoms with Crippen molar-refractivity contribution in [2.24, 2.45) is 11.7 Å². The Labute approximate surface area is 193 Å². The summed E-state index contributed by atoms with van der Waals surface area (Å²) in [5.41, 5.74) is 9.51. The second-order valence-electron chi connectivity index (χ2n) is 8.11. The van der Waals surface area contributed by atoms with Gasteiger partial charge in [0.2, 0.25) is 11.8 Å². The Kier molecular flexibility index (Phi) is 7.01. The maximum Gasteiger partial charge on any atom is 0.246 e. The van der Waals surface area contributed by atoms with Crippen molar-refractivity contribution < 1.29 is 14.0 Å². The molecule has 168 valence electrons. The molecule has 1 aromatic carbocycles. The molecule has 7 nitrogen and oxygen atoms in total. The van der Waals surface area contributed by atoms with Crippen LogP contribution in [0.3, 0.4) is 0 Å². The molecule has 0 radical (unpaired) electrons. The topological polar surface area (TPSA) is 101 Å². The zero-order chi connectivity index (χ0) is 22.1. The smallest absolute Gasteiger partial charge is 0.246 e. The summed E-state index contributed by atoms with van der Waals surface area (Å²) in [6.07, 6.45) is 5.42. The number of halogens is 1. The molecule has 0 fully saturated rings. The van der Waals surface area contributed by atoms with Gasteiger partial charge in [0.05, 0.1) is 12.5 Å². The Balaban J connectivity index is 0.00000289. The van der Waals surface area contributed by atoms with Crippen molar-refractivity contribution in [1.82, 2.24) is 9.88 Å². The number of rotatable bonds is 5. The van der Waals surface area contributed by atoms with Gasteiger partial charge in [-0.1, -0.05) is 18.2 Å². The lowest BCUT2D eigenvalue weighted by Crippen LogP contribution is -2.41. The first-order chi connectivity index (χ1) is 14.8. The monoisotopic (exact) mass is 454 g/mol. The zero-order valence-corrected chi connectivity index (χ0v) is 19.1. The summed E-state index contributed by atoms with van der Waals surface area (Å²) >= 11 is 0. The number of benzene rings is 1. The van der Waals surface area contributed by atoms with E-state index < -0.39 is 0 Å². The number of aromatic nitrogens is 1. The van der Waals surface area contributed by atoms with E-state index in [4.69, 9.17) is 10.2 Å². The molecule has 0 saturated heterocycles. The van der Waals surface area contributed by atoms with E-state index in [1.54, 1.807) is 24.2 Å². The number of likely N-dealkylation sites (N-methyl/N-ethyl adjacent to an activating group) is 1. The van der Waals surface area contributed by atoms with Crippen LogP contribution in [0.2, 0.25) is 0 Å². The molecule has 8 heteroatoms. The van der Waals surface area contributed by atoms with Crippen LogP contribution in [0.25, 0.3) is 17.0 Å². The molecule has 4 rings (SSSR count). The van der Waals surface area contributed by atoms with Gasteiger partial charge in [0, 0.05) is 36.3 Å². The second kappa shape index (κ2) is 9.54. The maximum absolute atomic E-state index is 12.6. The molecule has 0 aliphatic carbocycles. The van der Waals surface area contributed by atoms with Gasteiger partial charge in [0.25, 0.3) is 0 Å². The van der Waals surface area contributed by atoms with Crippen LogP contribution >= 0.6 is 12.4 Å². The van der Waals surface area contributed by atoms with Crippen molar-refractivity contribution in [2.45, 2.75) is 32.9 Å². The molecule has 0 saturated carbocycles. The molecular weight excluding hydrogens is 428 g/mol. The highest BCUT2D eigenvalue weighted by Gasteiger charge is 2.29. The molecule has 1 aliphatic heterocycles. The van der Waals surface area contributed by atoms with Gasteiger partial charge < -0.3 is 20.4 Å². The number of nitrogens with two attached hydrogens (primary N) is 1. The summed E-state index contributed by atoms with van der Waals surface area (Å²) in [6, 6.07) is 9.53. The van der Waals surface area contributed by atoms with E-state index in [0.717, 1.165) is 33.4 Å².